The maximum absolute atomic E-state index is 6.07. The van der Waals surface area contributed by atoms with E-state index in [9.17, 15) is 0 Å². The monoisotopic (exact) mass is 423 g/mol. The highest BCUT2D eigenvalue weighted by Gasteiger charge is 2.29. The minimum absolute atomic E-state index is 0. The zero-order valence-corrected chi connectivity index (χ0v) is 16.5. The Hall–Kier alpha value is -3.26. The van der Waals surface area contributed by atoms with E-state index in [1.807, 2.05) is 43.3 Å². The summed E-state index contributed by atoms with van der Waals surface area (Å²) < 4.78 is 7.62. The summed E-state index contributed by atoms with van der Waals surface area (Å²) in [6.07, 6.45) is 4.50. The normalized spacial score (nSPS) is 14.1. The summed E-state index contributed by atoms with van der Waals surface area (Å²) in [5, 5.41) is 13.7. The minimum Gasteiger partial charge on any atom is -0.334 e. The molecule has 0 N–H and O–H groups in total. The van der Waals surface area contributed by atoms with Gasteiger partial charge in [-0.15, -0.1) is 10.2 Å². The highest BCUT2D eigenvalue weighted by atomic mass is 35.5. The topological polar surface area (TPSA) is 85.8 Å². The number of benzene rings is 1. The molecule has 0 bridgehead atoms. The third-order valence-electron chi connectivity index (χ3n) is 5.06. The van der Waals surface area contributed by atoms with Gasteiger partial charge in [0.25, 0.3) is 5.89 Å². The largest absolute Gasteiger partial charge is 0.334 e. The van der Waals surface area contributed by atoms with Crippen LogP contribution in [0.3, 0.4) is 0 Å². The van der Waals surface area contributed by atoms with Crippen LogP contribution in [-0.4, -0.2) is 36.4 Å². The Morgan fingerprint density at radius 2 is 1.90 bits per heavy atom. The van der Waals surface area contributed by atoms with Gasteiger partial charge in [0.2, 0.25) is 5.95 Å². The van der Waals surface area contributed by atoms with Gasteiger partial charge in [0, 0.05) is 41.6 Å². The molecule has 5 rings (SSSR count). The van der Waals surface area contributed by atoms with E-state index >= 15 is 0 Å². The molecule has 0 fully saturated rings. The zero-order chi connectivity index (χ0) is 19.8. The van der Waals surface area contributed by atoms with Crippen LogP contribution in [0, 0.1) is 0 Å². The van der Waals surface area contributed by atoms with Crippen molar-refractivity contribution in [2.24, 2.45) is 0 Å². The van der Waals surface area contributed by atoms with Gasteiger partial charge in [0.15, 0.2) is 11.6 Å². The number of fused-ring (bicyclic) bond motifs is 1. The van der Waals surface area contributed by atoms with Crippen LogP contribution in [-0.2, 0) is 6.54 Å². The molecule has 0 spiro atoms. The molecule has 4 aromatic rings. The first-order valence-corrected chi connectivity index (χ1v) is 9.78. The molecule has 1 aromatic carbocycles. The molecule has 4 heterocycles. The Balaban J connectivity index is 0.00000218. The predicted octanol–water partition coefficient (Wildman–Crippen LogP) is 4.65. The van der Waals surface area contributed by atoms with E-state index in [0.717, 1.165) is 42.4 Å². The number of aromatic nitrogens is 6. The SMILES string of the molecule is C.C[C@H](c1noc(-c2cccc(Cl)c2)n1)N1CCCn2c(-c3ccncc3)nnc21. The first-order valence-electron chi connectivity index (χ1n) is 9.40. The number of rotatable bonds is 4. The summed E-state index contributed by atoms with van der Waals surface area (Å²) in [5.74, 6) is 2.70. The van der Waals surface area contributed by atoms with Crippen molar-refractivity contribution in [3.8, 4) is 22.8 Å². The predicted molar refractivity (Wildman–Crippen MR) is 115 cm³/mol. The van der Waals surface area contributed by atoms with Gasteiger partial charge in [0.1, 0.15) is 0 Å². The number of halogens is 1. The van der Waals surface area contributed by atoms with Crippen LogP contribution in [0.15, 0.2) is 53.3 Å². The van der Waals surface area contributed by atoms with Gasteiger partial charge in [0.05, 0.1) is 6.04 Å². The average Bonchev–Trinajstić information content (AvgIpc) is 3.41. The Bertz CT molecular complexity index is 1140. The highest BCUT2D eigenvalue weighted by Crippen LogP contribution is 2.32. The lowest BCUT2D eigenvalue weighted by molar-refractivity contribution is 0.411. The second kappa shape index (κ2) is 8.23. The van der Waals surface area contributed by atoms with E-state index in [0.29, 0.717) is 16.7 Å². The van der Waals surface area contributed by atoms with Gasteiger partial charge in [-0.3, -0.25) is 9.55 Å². The Labute approximate surface area is 179 Å². The lowest BCUT2D eigenvalue weighted by atomic mass is 10.2. The van der Waals surface area contributed by atoms with E-state index < -0.39 is 0 Å². The number of pyridine rings is 1. The molecule has 0 unspecified atom stereocenters. The molecule has 30 heavy (non-hydrogen) atoms. The van der Waals surface area contributed by atoms with E-state index in [1.165, 1.54) is 0 Å². The first-order chi connectivity index (χ1) is 14.2. The second-order valence-electron chi connectivity index (χ2n) is 6.90. The average molecular weight is 424 g/mol. The van der Waals surface area contributed by atoms with E-state index in [2.05, 4.69) is 34.8 Å². The molecule has 0 aliphatic carbocycles. The molecule has 3 aromatic heterocycles. The molecule has 0 amide bonds. The van der Waals surface area contributed by atoms with Gasteiger partial charge >= 0.3 is 0 Å². The summed E-state index contributed by atoms with van der Waals surface area (Å²) in [5.41, 5.74) is 1.79. The smallest absolute Gasteiger partial charge is 0.258 e. The van der Waals surface area contributed by atoms with Crippen LogP contribution in [0.4, 0.5) is 5.95 Å². The molecule has 1 atom stereocenters. The van der Waals surface area contributed by atoms with Crippen LogP contribution in [0.25, 0.3) is 22.8 Å². The summed E-state index contributed by atoms with van der Waals surface area (Å²) in [7, 11) is 0. The van der Waals surface area contributed by atoms with Gasteiger partial charge < -0.3 is 9.42 Å². The zero-order valence-electron chi connectivity index (χ0n) is 15.7. The van der Waals surface area contributed by atoms with Crippen LogP contribution >= 0.6 is 11.6 Å². The Morgan fingerprint density at radius 3 is 2.70 bits per heavy atom. The maximum atomic E-state index is 6.07. The van der Waals surface area contributed by atoms with Crippen molar-refractivity contribution < 1.29 is 4.52 Å². The molecular weight excluding hydrogens is 402 g/mol. The van der Waals surface area contributed by atoms with Gasteiger partial charge in [-0.2, -0.15) is 4.98 Å². The molecule has 1 aliphatic heterocycles. The van der Waals surface area contributed by atoms with Crippen molar-refractivity contribution in [3.05, 3.63) is 59.6 Å². The number of hydrogen-bond acceptors (Lipinski definition) is 7. The van der Waals surface area contributed by atoms with Crippen molar-refractivity contribution >= 4 is 17.5 Å². The fourth-order valence-electron chi connectivity index (χ4n) is 3.58. The fourth-order valence-corrected chi connectivity index (χ4v) is 3.77. The Morgan fingerprint density at radius 1 is 1.07 bits per heavy atom. The lowest BCUT2D eigenvalue weighted by Crippen LogP contribution is -2.35. The van der Waals surface area contributed by atoms with Crippen LogP contribution in [0.1, 0.15) is 32.6 Å². The molecule has 0 saturated heterocycles. The maximum Gasteiger partial charge on any atom is 0.258 e. The first kappa shape index (κ1) is 20.0. The van der Waals surface area contributed by atoms with Crippen LogP contribution < -0.4 is 4.90 Å². The van der Waals surface area contributed by atoms with E-state index in [4.69, 9.17) is 16.1 Å². The number of hydrogen-bond donors (Lipinski definition) is 0. The van der Waals surface area contributed by atoms with Crippen molar-refractivity contribution in [1.82, 2.24) is 29.9 Å². The quantitative estimate of drug-likeness (QED) is 0.472. The second-order valence-corrected chi connectivity index (χ2v) is 7.34. The fraction of sp³-hybridized carbons (Fsp3) is 0.286. The molecule has 154 valence electrons. The van der Waals surface area contributed by atoms with Crippen molar-refractivity contribution in [2.45, 2.75) is 33.4 Å². The van der Waals surface area contributed by atoms with E-state index in [-0.39, 0.29) is 13.5 Å². The summed E-state index contributed by atoms with van der Waals surface area (Å²) in [6, 6.07) is 11.1. The van der Waals surface area contributed by atoms with Gasteiger partial charge in [-0.25, -0.2) is 0 Å². The van der Waals surface area contributed by atoms with Crippen LogP contribution in [0.2, 0.25) is 5.02 Å². The molecular formula is C21H22ClN7O. The standard InChI is InChI=1S/C20H18ClN7O.CH4/c1-13(17-23-19(29-26-17)15-4-2-5-16(21)12-15)27-10-3-11-28-18(24-25-20(27)28)14-6-8-22-9-7-14;/h2,4-9,12-13H,3,10-11H2,1H3;1H4/t13-;/m1./s1. The molecule has 9 heteroatoms. The van der Waals surface area contributed by atoms with Crippen LogP contribution in [0.5, 0.6) is 0 Å². The van der Waals surface area contributed by atoms with Crippen molar-refractivity contribution in [3.63, 3.8) is 0 Å². The highest BCUT2D eigenvalue weighted by molar-refractivity contribution is 6.30. The van der Waals surface area contributed by atoms with Crippen molar-refractivity contribution in [2.75, 3.05) is 11.4 Å². The molecule has 0 radical (unpaired) electrons. The summed E-state index contributed by atoms with van der Waals surface area (Å²) in [4.78, 5) is 10.8. The van der Waals surface area contributed by atoms with Crippen molar-refractivity contribution in [1.29, 1.82) is 0 Å². The third-order valence-corrected chi connectivity index (χ3v) is 5.30. The summed E-state index contributed by atoms with van der Waals surface area (Å²) in [6.45, 7) is 3.75. The lowest BCUT2D eigenvalue weighted by Gasteiger charge is -2.32. The van der Waals surface area contributed by atoms with E-state index in [1.54, 1.807) is 12.4 Å². The molecule has 0 saturated carbocycles. The minimum atomic E-state index is -0.111. The number of nitrogens with zero attached hydrogens (tertiary/aromatic N) is 7. The van der Waals surface area contributed by atoms with Gasteiger partial charge in [-0.05, 0) is 43.7 Å². The third kappa shape index (κ3) is 3.54. The molecule has 1 aliphatic rings. The number of anilines is 1. The Kier molecular flexibility index (Phi) is 5.50. The van der Waals surface area contributed by atoms with Gasteiger partial charge in [-0.1, -0.05) is 30.3 Å². The summed E-state index contributed by atoms with van der Waals surface area (Å²) >= 11 is 6.07. The molecule has 8 nitrogen and oxygen atoms in total.